The third kappa shape index (κ3) is 4.53. The molecule has 9 nitrogen and oxygen atoms in total. The zero-order valence-corrected chi connectivity index (χ0v) is 19.8. The van der Waals surface area contributed by atoms with E-state index >= 15 is 0 Å². The molecular weight excluding hydrogens is 464 g/mol. The molecule has 2 N–H and O–H groups in total. The Hall–Kier alpha value is -3.67. The van der Waals surface area contributed by atoms with Gasteiger partial charge in [0.2, 0.25) is 5.16 Å². The number of Topliss-reactive ketones (excluding diaryl/α,β-unsaturated/α-hetero) is 1. The average molecular weight is 488 g/mol. The molecule has 0 spiro atoms. The van der Waals surface area contributed by atoms with Crippen molar-refractivity contribution in [3.05, 3.63) is 64.7 Å². The topological polar surface area (TPSA) is 106 Å². The minimum absolute atomic E-state index is 0.0691. The fourth-order valence-corrected chi connectivity index (χ4v) is 4.51. The van der Waals surface area contributed by atoms with Gasteiger partial charge in [-0.15, -0.1) is 10.2 Å². The van der Waals surface area contributed by atoms with Gasteiger partial charge in [-0.3, -0.25) is 4.79 Å². The lowest BCUT2D eigenvalue weighted by atomic mass is 10.2. The Bertz CT molecular complexity index is 1340. The highest BCUT2D eigenvalue weighted by Gasteiger charge is 2.20. The van der Waals surface area contributed by atoms with Crippen LogP contribution >= 0.6 is 11.8 Å². The highest BCUT2D eigenvalue weighted by molar-refractivity contribution is 7.99. The summed E-state index contributed by atoms with van der Waals surface area (Å²) in [6, 6.07) is 9.96. The Kier molecular flexibility index (Phi) is 6.42. The summed E-state index contributed by atoms with van der Waals surface area (Å²) in [4.78, 5) is 13.0. The van der Waals surface area contributed by atoms with Gasteiger partial charge in [-0.2, -0.15) is 13.9 Å². The maximum absolute atomic E-state index is 13.0. The quantitative estimate of drug-likeness (QED) is 0.229. The van der Waals surface area contributed by atoms with Gasteiger partial charge in [0.05, 0.1) is 11.4 Å². The van der Waals surface area contributed by atoms with Crippen LogP contribution in [0.2, 0.25) is 0 Å². The predicted octanol–water partition coefficient (Wildman–Crippen LogP) is 3.78. The molecule has 0 saturated carbocycles. The summed E-state index contributed by atoms with van der Waals surface area (Å²) >= 11 is 1.18. The van der Waals surface area contributed by atoms with Crippen molar-refractivity contribution in [2.75, 3.05) is 11.6 Å². The molecule has 0 fully saturated rings. The van der Waals surface area contributed by atoms with E-state index in [0.29, 0.717) is 16.7 Å². The fraction of sp³-hybridized carbons (Fsp3) is 0.273. The third-order valence-corrected chi connectivity index (χ3v) is 6.17. The van der Waals surface area contributed by atoms with Crippen LogP contribution in [0.1, 0.15) is 33.1 Å². The molecule has 0 aliphatic heterocycles. The standard InChI is InChI=1S/C22H23F2N7O2S/c1-12-9-14(3)31(28-12)21-26-27-22(30(21)25)34-11-19(32)18-10-13(2)29(15(18)4)16-5-7-17(8-6-16)33-20(23)24/h5-10,20H,11,25H2,1-4H3. The molecule has 0 aliphatic carbocycles. The molecule has 0 amide bonds. The number of ketones is 1. The number of nitrogens with two attached hydrogens (primary N) is 1. The third-order valence-electron chi connectivity index (χ3n) is 5.23. The Balaban J connectivity index is 1.50. The average Bonchev–Trinajstić information content (AvgIpc) is 3.40. The lowest BCUT2D eigenvalue weighted by Crippen LogP contribution is -2.17. The number of hydrogen-bond acceptors (Lipinski definition) is 7. The van der Waals surface area contributed by atoms with Gasteiger partial charge in [0.25, 0.3) is 5.95 Å². The molecular formula is C22H23F2N7O2S. The van der Waals surface area contributed by atoms with E-state index in [-0.39, 0.29) is 17.3 Å². The Morgan fingerprint density at radius 3 is 2.41 bits per heavy atom. The van der Waals surface area contributed by atoms with E-state index in [1.54, 1.807) is 22.9 Å². The number of ether oxygens (including phenoxy) is 1. The van der Waals surface area contributed by atoms with Crippen molar-refractivity contribution in [3.8, 4) is 17.4 Å². The number of nitrogen functional groups attached to an aromatic ring is 1. The van der Waals surface area contributed by atoms with E-state index in [1.807, 2.05) is 38.3 Å². The number of aryl methyl sites for hydroxylation is 3. The Morgan fingerprint density at radius 1 is 1.09 bits per heavy atom. The number of rotatable bonds is 8. The van der Waals surface area contributed by atoms with Crippen molar-refractivity contribution in [2.45, 2.75) is 39.5 Å². The number of aromatic nitrogens is 6. The summed E-state index contributed by atoms with van der Waals surface area (Å²) in [6.07, 6.45) is 0. The fourth-order valence-electron chi connectivity index (χ4n) is 3.77. The van der Waals surface area contributed by atoms with E-state index in [1.165, 1.54) is 28.6 Å². The summed E-state index contributed by atoms with van der Waals surface area (Å²) in [5.41, 5.74) is 4.56. The van der Waals surface area contributed by atoms with Crippen LogP contribution < -0.4 is 10.6 Å². The molecule has 4 aromatic rings. The predicted molar refractivity (Wildman–Crippen MR) is 124 cm³/mol. The number of halogens is 2. The maximum Gasteiger partial charge on any atom is 0.387 e. The molecule has 178 valence electrons. The SMILES string of the molecule is Cc1cc(C)n(-c2nnc(SCC(=O)c3cc(C)n(-c4ccc(OC(F)F)cc4)c3C)n2N)n1. The summed E-state index contributed by atoms with van der Waals surface area (Å²) in [5.74, 6) is 6.59. The first kappa shape index (κ1) is 23.5. The monoisotopic (exact) mass is 487 g/mol. The van der Waals surface area contributed by atoms with Crippen LogP contribution in [0.3, 0.4) is 0 Å². The lowest BCUT2D eigenvalue weighted by molar-refractivity contribution is -0.0498. The molecule has 4 rings (SSSR count). The number of nitrogens with zero attached hydrogens (tertiary/aromatic N) is 6. The zero-order chi connectivity index (χ0) is 24.6. The van der Waals surface area contributed by atoms with Crippen LogP contribution in [0.5, 0.6) is 5.75 Å². The minimum atomic E-state index is -2.88. The van der Waals surface area contributed by atoms with Crippen molar-refractivity contribution < 1.29 is 18.3 Å². The Morgan fingerprint density at radius 2 is 1.79 bits per heavy atom. The van der Waals surface area contributed by atoms with Crippen molar-refractivity contribution in [2.24, 2.45) is 0 Å². The molecule has 3 heterocycles. The highest BCUT2D eigenvalue weighted by atomic mass is 32.2. The smallest absolute Gasteiger partial charge is 0.387 e. The van der Waals surface area contributed by atoms with Gasteiger partial charge in [-0.05, 0) is 64.1 Å². The second kappa shape index (κ2) is 9.29. The molecule has 0 radical (unpaired) electrons. The van der Waals surface area contributed by atoms with Crippen LogP contribution in [-0.2, 0) is 0 Å². The van der Waals surface area contributed by atoms with Gasteiger partial charge in [-0.1, -0.05) is 11.8 Å². The number of alkyl halides is 2. The van der Waals surface area contributed by atoms with Gasteiger partial charge in [-0.25, -0.2) is 9.36 Å². The molecule has 3 aromatic heterocycles. The zero-order valence-electron chi connectivity index (χ0n) is 19.0. The first-order valence-corrected chi connectivity index (χ1v) is 11.3. The van der Waals surface area contributed by atoms with E-state index in [4.69, 9.17) is 5.84 Å². The summed E-state index contributed by atoms with van der Waals surface area (Å²) < 4.78 is 34.0. The van der Waals surface area contributed by atoms with E-state index in [0.717, 1.165) is 28.5 Å². The van der Waals surface area contributed by atoms with E-state index < -0.39 is 6.61 Å². The highest BCUT2D eigenvalue weighted by Crippen LogP contribution is 2.26. The van der Waals surface area contributed by atoms with Crippen LogP contribution in [0.25, 0.3) is 11.6 Å². The molecule has 1 aromatic carbocycles. The number of hydrogen-bond donors (Lipinski definition) is 1. The van der Waals surface area contributed by atoms with Crippen molar-refractivity contribution >= 4 is 17.5 Å². The van der Waals surface area contributed by atoms with Crippen LogP contribution in [0.15, 0.2) is 41.6 Å². The van der Waals surface area contributed by atoms with Gasteiger partial charge in [0, 0.05) is 28.3 Å². The normalized spacial score (nSPS) is 11.4. The number of carbonyl (C=O) groups excluding carboxylic acids is 1. The van der Waals surface area contributed by atoms with Crippen LogP contribution in [0, 0.1) is 27.7 Å². The second-order valence-electron chi connectivity index (χ2n) is 7.70. The number of carbonyl (C=O) groups is 1. The van der Waals surface area contributed by atoms with Gasteiger partial charge >= 0.3 is 6.61 Å². The van der Waals surface area contributed by atoms with Crippen LogP contribution in [0.4, 0.5) is 8.78 Å². The van der Waals surface area contributed by atoms with E-state index in [9.17, 15) is 13.6 Å². The molecule has 0 bridgehead atoms. The first-order valence-electron chi connectivity index (χ1n) is 10.3. The second-order valence-corrected chi connectivity index (χ2v) is 8.64. The number of benzene rings is 1. The molecule has 0 atom stereocenters. The van der Waals surface area contributed by atoms with E-state index in [2.05, 4.69) is 20.0 Å². The molecule has 0 aliphatic rings. The van der Waals surface area contributed by atoms with Gasteiger partial charge in [0.15, 0.2) is 5.78 Å². The first-order chi connectivity index (χ1) is 16.2. The lowest BCUT2D eigenvalue weighted by Gasteiger charge is -2.11. The van der Waals surface area contributed by atoms with Crippen molar-refractivity contribution in [1.29, 1.82) is 0 Å². The van der Waals surface area contributed by atoms with Crippen molar-refractivity contribution in [1.82, 2.24) is 29.2 Å². The van der Waals surface area contributed by atoms with Crippen molar-refractivity contribution in [3.63, 3.8) is 0 Å². The number of thioether (sulfide) groups is 1. The summed E-state index contributed by atoms with van der Waals surface area (Å²) in [7, 11) is 0. The molecule has 12 heteroatoms. The van der Waals surface area contributed by atoms with Gasteiger partial charge < -0.3 is 15.1 Å². The maximum atomic E-state index is 13.0. The largest absolute Gasteiger partial charge is 0.435 e. The minimum Gasteiger partial charge on any atom is -0.435 e. The van der Waals surface area contributed by atoms with Gasteiger partial charge in [0.1, 0.15) is 5.75 Å². The molecule has 0 saturated heterocycles. The Labute approximate surface area is 198 Å². The summed E-state index contributed by atoms with van der Waals surface area (Å²) in [5, 5.41) is 13.0. The summed E-state index contributed by atoms with van der Waals surface area (Å²) in [6.45, 7) is 4.58. The molecule has 0 unspecified atom stereocenters. The van der Waals surface area contributed by atoms with Crippen LogP contribution in [-0.4, -0.2) is 47.4 Å². The molecule has 34 heavy (non-hydrogen) atoms.